The van der Waals surface area contributed by atoms with Crippen LogP contribution in [0.4, 0.5) is 0 Å². The number of nitrogens with one attached hydrogen (secondary N) is 2. The topological polar surface area (TPSA) is 54.1 Å². The summed E-state index contributed by atoms with van der Waals surface area (Å²) in [4.78, 5) is 15.9. The van der Waals surface area contributed by atoms with Crippen LogP contribution in [-0.2, 0) is 4.74 Å². The monoisotopic (exact) mass is 312 g/mol. The van der Waals surface area contributed by atoms with Crippen LogP contribution in [0.15, 0.2) is 30.5 Å². The first-order valence-corrected chi connectivity index (χ1v) is 8.77. The molecule has 1 atom stereocenters. The number of amides is 1. The van der Waals surface area contributed by atoms with E-state index in [-0.39, 0.29) is 17.6 Å². The number of rotatable bonds is 2. The Kier molecular flexibility index (Phi) is 3.85. The number of ether oxygens (including phenoxy) is 1. The summed E-state index contributed by atoms with van der Waals surface area (Å²) >= 11 is 0. The molecule has 23 heavy (non-hydrogen) atoms. The van der Waals surface area contributed by atoms with Crippen LogP contribution in [0.3, 0.4) is 0 Å². The number of carbonyl (C=O) groups excluding carboxylic acids is 1. The van der Waals surface area contributed by atoms with E-state index in [4.69, 9.17) is 4.74 Å². The van der Waals surface area contributed by atoms with E-state index in [9.17, 15) is 4.79 Å². The molecule has 2 heterocycles. The van der Waals surface area contributed by atoms with Gasteiger partial charge in [0.25, 0.3) is 5.91 Å². The molecule has 1 saturated heterocycles. The normalized spacial score (nSPS) is 23.9. The zero-order valence-electron chi connectivity index (χ0n) is 13.4. The molecule has 2 fully saturated rings. The molecule has 1 spiro atoms. The maximum absolute atomic E-state index is 12.7. The third-order valence-electron chi connectivity index (χ3n) is 5.42. The smallest absolute Gasteiger partial charge is 0.253 e. The van der Waals surface area contributed by atoms with E-state index in [2.05, 4.69) is 10.3 Å². The highest BCUT2D eigenvalue weighted by Gasteiger charge is 2.38. The standard InChI is InChI=1S/C19H24N2O2/c22-18(16-6-4-5-14-7-11-20-17(14)16)21-15-8-12-23-19(13-15)9-2-1-3-10-19/h4-7,11,15,20H,1-3,8-10,12-13H2,(H,21,22). The van der Waals surface area contributed by atoms with Gasteiger partial charge in [-0.05, 0) is 37.8 Å². The van der Waals surface area contributed by atoms with Gasteiger partial charge in [-0.25, -0.2) is 0 Å². The number of fused-ring (bicyclic) bond motifs is 1. The Labute approximate surface area is 136 Å². The fraction of sp³-hybridized carbons (Fsp3) is 0.526. The van der Waals surface area contributed by atoms with Crippen molar-refractivity contribution in [1.82, 2.24) is 10.3 Å². The Morgan fingerprint density at radius 1 is 1.22 bits per heavy atom. The number of H-pyrrole nitrogens is 1. The molecule has 2 aromatic rings. The molecule has 1 aliphatic heterocycles. The van der Waals surface area contributed by atoms with Gasteiger partial charge in [0.2, 0.25) is 0 Å². The molecular formula is C19H24N2O2. The first-order chi connectivity index (χ1) is 11.3. The third-order valence-corrected chi connectivity index (χ3v) is 5.42. The maximum Gasteiger partial charge on any atom is 0.253 e. The summed E-state index contributed by atoms with van der Waals surface area (Å²) in [6.45, 7) is 0.762. The van der Waals surface area contributed by atoms with E-state index in [0.717, 1.165) is 48.8 Å². The largest absolute Gasteiger partial charge is 0.375 e. The lowest BCUT2D eigenvalue weighted by molar-refractivity contribution is -0.107. The highest BCUT2D eigenvalue weighted by Crippen LogP contribution is 2.38. The van der Waals surface area contributed by atoms with Gasteiger partial charge in [-0.3, -0.25) is 4.79 Å². The summed E-state index contributed by atoms with van der Waals surface area (Å²) in [6, 6.07) is 8.08. The molecule has 1 aliphatic carbocycles. The van der Waals surface area contributed by atoms with Gasteiger partial charge in [0.05, 0.1) is 16.7 Å². The van der Waals surface area contributed by atoms with Crippen molar-refractivity contribution in [2.75, 3.05) is 6.61 Å². The molecule has 4 nitrogen and oxygen atoms in total. The number of aromatic nitrogens is 1. The van der Waals surface area contributed by atoms with Gasteiger partial charge in [0.1, 0.15) is 0 Å². The van der Waals surface area contributed by atoms with Gasteiger partial charge in [0, 0.05) is 24.2 Å². The van der Waals surface area contributed by atoms with E-state index in [1.165, 1.54) is 19.3 Å². The third kappa shape index (κ3) is 2.88. The van der Waals surface area contributed by atoms with Crippen molar-refractivity contribution >= 4 is 16.8 Å². The fourth-order valence-corrected chi connectivity index (χ4v) is 4.23. The van der Waals surface area contributed by atoms with Crippen LogP contribution in [0.25, 0.3) is 10.9 Å². The van der Waals surface area contributed by atoms with Crippen molar-refractivity contribution in [3.63, 3.8) is 0 Å². The molecule has 1 amide bonds. The average Bonchev–Trinajstić information content (AvgIpc) is 3.04. The Morgan fingerprint density at radius 3 is 2.96 bits per heavy atom. The van der Waals surface area contributed by atoms with E-state index in [0.29, 0.717) is 0 Å². The van der Waals surface area contributed by atoms with Crippen molar-refractivity contribution < 1.29 is 9.53 Å². The quantitative estimate of drug-likeness (QED) is 0.886. The Bertz CT molecular complexity index is 695. The molecule has 1 aromatic heterocycles. The maximum atomic E-state index is 12.7. The van der Waals surface area contributed by atoms with Crippen LogP contribution in [0.1, 0.15) is 55.3 Å². The second-order valence-corrected chi connectivity index (χ2v) is 7.00. The summed E-state index contributed by atoms with van der Waals surface area (Å²) in [7, 11) is 0. The van der Waals surface area contributed by atoms with Crippen molar-refractivity contribution in [1.29, 1.82) is 0 Å². The van der Waals surface area contributed by atoms with Crippen molar-refractivity contribution in [3.8, 4) is 0 Å². The minimum atomic E-state index is 0.0207. The van der Waals surface area contributed by atoms with Gasteiger partial charge in [-0.2, -0.15) is 0 Å². The van der Waals surface area contributed by atoms with Crippen LogP contribution < -0.4 is 5.32 Å². The van der Waals surface area contributed by atoms with Gasteiger partial charge in [-0.1, -0.05) is 31.4 Å². The molecule has 1 aromatic carbocycles. The van der Waals surface area contributed by atoms with E-state index >= 15 is 0 Å². The molecular weight excluding hydrogens is 288 g/mol. The fourth-order valence-electron chi connectivity index (χ4n) is 4.23. The Balaban J connectivity index is 1.49. The minimum absolute atomic E-state index is 0.0207. The number of aromatic amines is 1. The molecule has 2 aliphatic rings. The number of carbonyl (C=O) groups is 1. The van der Waals surface area contributed by atoms with Crippen molar-refractivity contribution in [3.05, 3.63) is 36.0 Å². The number of para-hydroxylation sites is 1. The molecule has 0 radical (unpaired) electrons. The Hall–Kier alpha value is -1.81. The van der Waals surface area contributed by atoms with Crippen LogP contribution in [-0.4, -0.2) is 29.1 Å². The Morgan fingerprint density at radius 2 is 2.09 bits per heavy atom. The van der Waals surface area contributed by atoms with E-state index in [1.54, 1.807) is 0 Å². The highest BCUT2D eigenvalue weighted by atomic mass is 16.5. The highest BCUT2D eigenvalue weighted by molar-refractivity contribution is 6.05. The van der Waals surface area contributed by atoms with Crippen molar-refractivity contribution in [2.24, 2.45) is 0 Å². The SMILES string of the molecule is O=C(NC1CCOC2(CCCCC2)C1)c1cccc2cc[nH]c12. The molecule has 0 bridgehead atoms. The zero-order chi connectivity index (χ0) is 15.7. The van der Waals surface area contributed by atoms with Crippen LogP contribution in [0.2, 0.25) is 0 Å². The number of benzene rings is 1. The lowest BCUT2D eigenvalue weighted by Crippen LogP contribution is -2.49. The van der Waals surface area contributed by atoms with Gasteiger partial charge >= 0.3 is 0 Å². The molecule has 122 valence electrons. The molecule has 4 rings (SSSR count). The second kappa shape index (κ2) is 6.00. The summed E-state index contributed by atoms with van der Waals surface area (Å²) in [5.41, 5.74) is 1.67. The lowest BCUT2D eigenvalue weighted by Gasteiger charge is -2.43. The van der Waals surface area contributed by atoms with Crippen LogP contribution >= 0.6 is 0 Å². The van der Waals surface area contributed by atoms with Crippen molar-refractivity contribution in [2.45, 2.75) is 56.6 Å². The molecule has 4 heteroatoms. The van der Waals surface area contributed by atoms with Gasteiger partial charge in [-0.15, -0.1) is 0 Å². The summed E-state index contributed by atoms with van der Waals surface area (Å²) in [5, 5.41) is 4.33. The average molecular weight is 312 g/mol. The molecule has 1 saturated carbocycles. The number of hydrogen-bond acceptors (Lipinski definition) is 2. The predicted molar refractivity (Wildman–Crippen MR) is 90.6 cm³/mol. The first-order valence-electron chi connectivity index (χ1n) is 8.77. The number of hydrogen-bond donors (Lipinski definition) is 2. The van der Waals surface area contributed by atoms with E-state index < -0.39 is 0 Å². The summed E-state index contributed by atoms with van der Waals surface area (Å²) in [5.74, 6) is 0.0240. The molecule has 2 N–H and O–H groups in total. The molecule has 1 unspecified atom stereocenters. The lowest BCUT2D eigenvalue weighted by atomic mass is 9.78. The summed E-state index contributed by atoms with van der Waals surface area (Å²) in [6.07, 6.45) is 9.86. The summed E-state index contributed by atoms with van der Waals surface area (Å²) < 4.78 is 6.12. The van der Waals surface area contributed by atoms with Gasteiger partial charge in [0.15, 0.2) is 0 Å². The zero-order valence-corrected chi connectivity index (χ0v) is 13.4. The first kappa shape index (κ1) is 14.8. The second-order valence-electron chi connectivity index (χ2n) is 7.00. The predicted octanol–water partition coefficient (Wildman–Crippen LogP) is 3.78. The van der Waals surface area contributed by atoms with Crippen LogP contribution in [0, 0.1) is 0 Å². The van der Waals surface area contributed by atoms with E-state index in [1.807, 2.05) is 30.5 Å². The van der Waals surface area contributed by atoms with Crippen LogP contribution in [0.5, 0.6) is 0 Å². The minimum Gasteiger partial charge on any atom is -0.375 e. The van der Waals surface area contributed by atoms with Gasteiger partial charge < -0.3 is 15.0 Å².